The van der Waals surface area contributed by atoms with Crippen molar-refractivity contribution in [2.24, 2.45) is 0 Å². The Bertz CT molecular complexity index is 1330. The van der Waals surface area contributed by atoms with Gasteiger partial charge in [-0.3, -0.25) is 19.3 Å². The summed E-state index contributed by atoms with van der Waals surface area (Å²) in [6, 6.07) is 18.9. The number of rotatable bonds is 8. The summed E-state index contributed by atoms with van der Waals surface area (Å²) in [6.45, 7) is 2.34. The predicted octanol–water partition coefficient (Wildman–Crippen LogP) is 4.35. The monoisotopic (exact) mass is 487 g/mol. The fraction of sp³-hybridized carbons (Fsp3) is 0.179. The molecule has 3 aromatic carbocycles. The van der Waals surface area contributed by atoms with Gasteiger partial charge in [0.15, 0.2) is 0 Å². The second-order valence-corrected chi connectivity index (χ2v) is 8.11. The zero-order valence-corrected chi connectivity index (χ0v) is 19.8. The number of ketones is 1. The first-order valence-corrected chi connectivity index (χ1v) is 11.3. The van der Waals surface area contributed by atoms with E-state index in [-0.39, 0.29) is 17.8 Å². The summed E-state index contributed by atoms with van der Waals surface area (Å²) < 4.78 is 11.0. The Balaban J connectivity index is 1.87. The van der Waals surface area contributed by atoms with Crippen LogP contribution in [0.1, 0.15) is 29.7 Å². The van der Waals surface area contributed by atoms with E-state index in [4.69, 9.17) is 14.6 Å². The molecule has 36 heavy (non-hydrogen) atoms. The number of carbonyl (C=O) groups excluding carboxylic acids is 2. The van der Waals surface area contributed by atoms with Crippen molar-refractivity contribution in [1.82, 2.24) is 0 Å². The average molecular weight is 488 g/mol. The van der Waals surface area contributed by atoms with E-state index in [0.29, 0.717) is 40.5 Å². The van der Waals surface area contributed by atoms with Crippen LogP contribution in [0.2, 0.25) is 0 Å². The fourth-order valence-electron chi connectivity index (χ4n) is 4.27. The molecule has 1 saturated heterocycles. The van der Waals surface area contributed by atoms with Gasteiger partial charge in [0.25, 0.3) is 11.7 Å². The first-order valence-electron chi connectivity index (χ1n) is 11.3. The van der Waals surface area contributed by atoms with Gasteiger partial charge in [-0.15, -0.1) is 0 Å². The summed E-state index contributed by atoms with van der Waals surface area (Å²) in [5.41, 5.74) is 1.72. The molecule has 0 radical (unpaired) electrons. The summed E-state index contributed by atoms with van der Waals surface area (Å²) in [5.74, 6) is -1.91. The van der Waals surface area contributed by atoms with Crippen LogP contribution in [0.3, 0.4) is 0 Å². The van der Waals surface area contributed by atoms with Crippen molar-refractivity contribution in [3.63, 3.8) is 0 Å². The van der Waals surface area contributed by atoms with Crippen LogP contribution in [0.25, 0.3) is 5.76 Å². The number of methoxy groups -OCH3 is 1. The molecular formula is C28H25NO7. The minimum absolute atomic E-state index is 0.0803. The smallest absolute Gasteiger partial charge is 0.307 e. The number of amides is 1. The molecule has 1 amide bonds. The minimum Gasteiger partial charge on any atom is -0.507 e. The molecule has 0 aliphatic carbocycles. The van der Waals surface area contributed by atoms with E-state index in [1.165, 1.54) is 12.0 Å². The number of hydrogen-bond acceptors (Lipinski definition) is 6. The molecule has 0 saturated carbocycles. The molecule has 3 aromatic rings. The van der Waals surface area contributed by atoms with E-state index in [1.807, 2.05) is 6.92 Å². The Morgan fingerprint density at radius 2 is 1.61 bits per heavy atom. The number of benzene rings is 3. The molecule has 1 unspecified atom stereocenters. The average Bonchev–Trinajstić information content (AvgIpc) is 3.14. The summed E-state index contributed by atoms with van der Waals surface area (Å²) >= 11 is 0. The van der Waals surface area contributed by atoms with Crippen molar-refractivity contribution in [3.8, 4) is 11.5 Å². The van der Waals surface area contributed by atoms with Crippen molar-refractivity contribution in [2.45, 2.75) is 19.4 Å². The zero-order chi connectivity index (χ0) is 25.8. The van der Waals surface area contributed by atoms with E-state index in [9.17, 15) is 19.5 Å². The maximum Gasteiger partial charge on any atom is 0.307 e. The summed E-state index contributed by atoms with van der Waals surface area (Å²) in [6.07, 6.45) is -0.174. The van der Waals surface area contributed by atoms with E-state index < -0.39 is 23.7 Å². The quantitative estimate of drug-likeness (QED) is 0.276. The Kier molecular flexibility index (Phi) is 7.05. The van der Waals surface area contributed by atoms with Gasteiger partial charge in [-0.1, -0.05) is 30.3 Å². The van der Waals surface area contributed by atoms with Crippen molar-refractivity contribution in [2.75, 3.05) is 18.6 Å². The fourth-order valence-corrected chi connectivity index (χ4v) is 4.27. The lowest BCUT2D eigenvalue weighted by molar-refractivity contribution is -0.136. The molecule has 4 rings (SSSR count). The SMILES string of the molecule is CCOc1ccc(/C(O)=C2/C(=O)C(=O)N(c3ccc(CC(=O)O)cc3)C2c2ccccc2OC)cc1. The number of carboxylic acid groups (broad SMARTS) is 1. The van der Waals surface area contributed by atoms with Crippen LogP contribution in [0.4, 0.5) is 5.69 Å². The number of aliphatic hydroxyl groups is 1. The van der Waals surface area contributed by atoms with Crippen LogP contribution in [-0.4, -0.2) is 41.6 Å². The summed E-state index contributed by atoms with van der Waals surface area (Å²) in [4.78, 5) is 39.0. The van der Waals surface area contributed by atoms with Gasteiger partial charge < -0.3 is 19.7 Å². The summed E-state index contributed by atoms with van der Waals surface area (Å²) in [7, 11) is 1.48. The first kappa shape index (κ1) is 24.5. The van der Waals surface area contributed by atoms with Crippen LogP contribution in [0, 0.1) is 0 Å². The Morgan fingerprint density at radius 1 is 0.944 bits per heavy atom. The third kappa shape index (κ3) is 4.65. The van der Waals surface area contributed by atoms with Gasteiger partial charge in [0.05, 0.1) is 31.8 Å². The number of hydrogen-bond donors (Lipinski definition) is 2. The number of anilines is 1. The summed E-state index contributed by atoms with van der Waals surface area (Å²) in [5, 5.41) is 20.3. The number of aliphatic hydroxyl groups excluding tert-OH is 1. The van der Waals surface area contributed by atoms with Crippen molar-refractivity contribution >= 4 is 29.1 Å². The van der Waals surface area contributed by atoms with Crippen LogP contribution in [0.15, 0.2) is 78.4 Å². The van der Waals surface area contributed by atoms with Gasteiger partial charge in [0.2, 0.25) is 0 Å². The molecule has 1 atom stereocenters. The highest BCUT2D eigenvalue weighted by Crippen LogP contribution is 2.44. The molecule has 0 aromatic heterocycles. The number of carboxylic acids is 1. The second-order valence-electron chi connectivity index (χ2n) is 8.11. The topological polar surface area (TPSA) is 113 Å². The molecule has 0 bridgehead atoms. The van der Waals surface area contributed by atoms with E-state index in [0.717, 1.165) is 0 Å². The highest BCUT2D eigenvalue weighted by molar-refractivity contribution is 6.51. The van der Waals surface area contributed by atoms with Crippen LogP contribution < -0.4 is 14.4 Å². The van der Waals surface area contributed by atoms with Crippen LogP contribution in [0.5, 0.6) is 11.5 Å². The predicted molar refractivity (Wildman–Crippen MR) is 133 cm³/mol. The Labute approximate surface area is 208 Å². The van der Waals surface area contributed by atoms with E-state index in [2.05, 4.69) is 0 Å². The molecular weight excluding hydrogens is 462 g/mol. The standard InChI is InChI=1S/C28H25NO7/c1-3-36-20-14-10-18(11-15-20)26(32)24-25(21-6-4-5-7-22(21)35-2)29(28(34)27(24)33)19-12-8-17(9-13-19)16-23(30)31/h4-15,25,32H,3,16H2,1-2H3,(H,30,31)/b26-24-. The molecule has 2 N–H and O–H groups in total. The molecule has 1 fully saturated rings. The lowest BCUT2D eigenvalue weighted by atomic mass is 9.94. The van der Waals surface area contributed by atoms with Crippen molar-refractivity contribution in [1.29, 1.82) is 0 Å². The molecule has 0 spiro atoms. The lowest BCUT2D eigenvalue weighted by Crippen LogP contribution is -2.29. The Hall–Kier alpha value is -4.59. The van der Waals surface area contributed by atoms with Gasteiger partial charge in [-0.05, 0) is 55.0 Å². The number of para-hydroxylation sites is 1. The minimum atomic E-state index is -0.979. The lowest BCUT2D eigenvalue weighted by Gasteiger charge is -2.26. The van der Waals surface area contributed by atoms with Crippen LogP contribution >= 0.6 is 0 Å². The highest BCUT2D eigenvalue weighted by Gasteiger charge is 2.47. The normalized spacial score (nSPS) is 16.7. The van der Waals surface area contributed by atoms with Gasteiger partial charge in [0, 0.05) is 16.8 Å². The third-order valence-corrected chi connectivity index (χ3v) is 5.89. The largest absolute Gasteiger partial charge is 0.507 e. The first-order chi connectivity index (χ1) is 17.3. The van der Waals surface area contributed by atoms with E-state index >= 15 is 0 Å². The van der Waals surface area contributed by atoms with Crippen molar-refractivity contribution in [3.05, 3.63) is 95.1 Å². The van der Waals surface area contributed by atoms with E-state index in [1.54, 1.807) is 72.8 Å². The number of nitrogens with zero attached hydrogens (tertiary/aromatic N) is 1. The number of ether oxygens (including phenoxy) is 2. The molecule has 8 nitrogen and oxygen atoms in total. The maximum absolute atomic E-state index is 13.3. The van der Waals surface area contributed by atoms with Gasteiger partial charge in [-0.2, -0.15) is 0 Å². The van der Waals surface area contributed by atoms with Crippen molar-refractivity contribution < 1.29 is 34.1 Å². The Morgan fingerprint density at radius 3 is 2.22 bits per heavy atom. The maximum atomic E-state index is 13.3. The molecule has 8 heteroatoms. The van der Waals surface area contributed by atoms with Crippen LogP contribution in [-0.2, 0) is 20.8 Å². The van der Waals surface area contributed by atoms with Gasteiger partial charge in [-0.25, -0.2) is 0 Å². The zero-order valence-electron chi connectivity index (χ0n) is 19.8. The highest BCUT2D eigenvalue weighted by atomic mass is 16.5. The third-order valence-electron chi connectivity index (χ3n) is 5.89. The van der Waals surface area contributed by atoms with Gasteiger partial charge in [0.1, 0.15) is 17.3 Å². The molecule has 1 heterocycles. The van der Waals surface area contributed by atoms with Gasteiger partial charge >= 0.3 is 5.97 Å². The molecule has 1 aliphatic rings. The molecule has 184 valence electrons. The number of carbonyl (C=O) groups is 3. The number of Topliss-reactive ketones (excluding diaryl/α,β-unsaturated/α-hetero) is 1. The number of aliphatic carboxylic acids is 1. The second kappa shape index (κ2) is 10.4. The molecule has 1 aliphatic heterocycles.